The molecule has 0 bridgehead atoms. The first-order chi connectivity index (χ1) is 11.9. The normalized spacial score (nSPS) is 12.8. The summed E-state index contributed by atoms with van der Waals surface area (Å²) in [6, 6.07) is 8.34. The second-order valence-electron chi connectivity index (χ2n) is 6.10. The molecule has 0 spiro atoms. The largest absolute Gasteiger partial charge is 0.346 e. The Labute approximate surface area is 168 Å². The van der Waals surface area contributed by atoms with Gasteiger partial charge in [-0.1, -0.05) is 37.6 Å². The van der Waals surface area contributed by atoms with Crippen molar-refractivity contribution in [1.29, 1.82) is 0 Å². The fraction of sp³-hybridized carbons (Fsp3) is 0.333. The molecular weight excluding hydrogens is 393 g/mol. The Morgan fingerprint density at radius 3 is 2.35 bits per heavy atom. The van der Waals surface area contributed by atoms with E-state index in [0.717, 1.165) is 11.1 Å². The van der Waals surface area contributed by atoms with Crippen molar-refractivity contribution in [2.45, 2.75) is 25.9 Å². The summed E-state index contributed by atoms with van der Waals surface area (Å²) in [5.74, 6) is -0.602. The van der Waals surface area contributed by atoms with Crippen LogP contribution in [0, 0.1) is 5.92 Å². The molecule has 0 saturated heterocycles. The summed E-state index contributed by atoms with van der Waals surface area (Å²) in [5.41, 5.74) is 7.67. The molecule has 1 aromatic heterocycles. The Kier molecular flexibility index (Phi) is 9.08. The third kappa shape index (κ3) is 6.29. The molecule has 4 N–H and O–H groups in total. The monoisotopic (exact) mass is 415 g/mol. The van der Waals surface area contributed by atoms with E-state index in [2.05, 4.69) is 10.6 Å². The standard InChI is InChI=1S/C18H22ClN3O2S.ClH/c1-11(2)16(20)18(24)21-9-15(23)22-17(13-7-8-25-10-13)12-3-5-14(19)6-4-12;/h3-8,10-11,16-17H,9,20H2,1-2H3,(H,21,24)(H,22,23);1H/t16-,17?;/m0./s1. The number of amides is 2. The predicted octanol–water partition coefficient (Wildman–Crippen LogP) is 3.13. The van der Waals surface area contributed by atoms with Gasteiger partial charge < -0.3 is 16.4 Å². The SMILES string of the molecule is CC(C)[C@H](N)C(=O)NCC(=O)NC(c1ccc(Cl)cc1)c1ccsc1.Cl. The Balaban J connectivity index is 0.00000338. The molecule has 2 amide bonds. The van der Waals surface area contributed by atoms with E-state index >= 15 is 0 Å². The number of hydrogen-bond donors (Lipinski definition) is 3. The zero-order chi connectivity index (χ0) is 18.4. The second kappa shape index (κ2) is 10.5. The fourth-order valence-corrected chi connectivity index (χ4v) is 3.07. The minimum absolute atomic E-state index is 0. The number of hydrogen-bond acceptors (Lipinski definition) is 4. The van der Waals surface area contributed by atoms with Gasteiger partial charge in [0.25, 0.3) is 0 Å². The van der Waals surface area contributed by atoms with E-state index in [4.69, 9.17) is 17.3 Å². The Morgan fingerprint density at radius 1 is 1.15 bits per heavy atom. The third-order valence-electron chi connectivity index (χ3n) is 3.83. The van der Waals surface area contributed by atoms with Gasteiger partial charge >= 0.3 is 0 Å². The lowest BCUT2D eigenvalue weighted by atomic mass is 10.0. The molecule has 2 aromatic rings. The van der Waals surface area contributed by atoms with Crippen LogP contribution in [0.4, 0.5) is 0 Å². The Bertz CT molecular complexity index is 706. The topological polar surface area (TPSA) is 84.2 Å². The van der Waals surface area contributed by atoms with Crippen LogP contribution in [-0.4, -0.2) is 24.4 Å². The molecule has 0 aliphatic carbocycles. The first kappa shape index (κ1) is 22.4. The highest BCUT2D eigenvalue weighted by Crippen LogP contribution is 2.25. The van der Waals surface area contributed by atoms with Gasteiger partial charge in [-0.25, -0.2) is 0 Å². The molecule has 26 heavy (non-hydrogen) atoms. The van der Waals surface area contributed by atoms with Crippen molar-refractivity contribution in [3.8, 4) is 0 Å². The van der Waals surface area contributed by atoms with Crippen molar-refractivity contribution in [1.82, 2.24) is 10.6 Å². The van der Waals surface area contributed by atoms with Crippen LogP contribution < -0.4 is 16.4 Å². The van der Waals surface area contributed by atoms with Gasteiger partial charge in [-0.15, -0.1) is 12.4 Å². The van der Waals surface area contributed by atoms with Gasteiger partial charge in [0.1, 0.15) is 0 Å². The maximum absolute atomic E-state index is 12.3. The maximum atomic E-state index is 12.3. The van der Waals surface area contributed by atoms with Crippen LogP contribution in [0.1, 0.15) is 31.0 Å². The number of nitrogens with two attached hydrogens (primary N) is 1. The molecule has 1 aromatic carbocycles. The highest BCUT2D eigenvalue weighted by atomic mass is 35.5. The van der Waals surface area contributed by atoms with Gasteiger partial charge in [-0.3, -0.25) is 9.59 Å². The van der Waals surface area contributed by atoms with Crippen molar-refractivity contribution in [3.63, 3.8) is 0 Å². The van der Waals surface area contributed by atoms with Gasteiger partial charge in [-0.05, 0) is 46.0 Å². The van der Waals surface area contributed by atoms with Gasteiger partial charge in [0.2, 0.25) is 11.8 Å². The summed E-state index contributed by atoms with van der Waals surface area (Å²) < 4.78 is 0. The molecule has 5 nitrogen and oxygen atoms in total. The van der Waals surface area contributed by atoms with E-state index in [1.54, 1.807) is 23.5 Å². The molecule has 2 rings (SSSR count). The average Bonchev–Trinajstić information content (AvgIpc) is 3.12. The summed E-state index contributed by atoms with van der Waals surface area (Å²) in [5, 5.41) is 10.1. The van der Waals surface area contributed by atoms with Crippen LogP contribution in [0.3, 0.4) is 0 Å². The van der Waals surface area contributed by atoms with Crippen molar-refractivity contribution < 1.29 is 9.59 Å². The molecule has 1 unspecified atom stereocenters. The van der Waals surface area contributed by atoms with E-state index in [-0.39, 0.29) is 42.7 Å². The summed E-state index contributed by atoms with van der Waals surface area (Å²) >= 11 is 7.50. The van der Waals surface area contributed by atoms with Gasteiger partial charge in [0, 0.05) is 5.02 Å². The van der Waals surface area contributed by atoms with E-state index in [1.807, 2.05) is 42.8 Å². The molecular formula is C18H23Cl2N3O2S. The van der Waals surface area contributed by atoms with E-state index < -0.39 is 6.04 Å². The molecule has 0 aliphatic heterocycles. The van der Waals surface area contributed by atoms with Gasteiger partial charge in [0.05, 0.1) is 18.6 Å². The van der Waals surface area contributed by atoms with Crippen LogP contribution in [0.2, 0.25) is 5.02 Å². The minimum atomic E-state index is -0.628. The van der Waals surface area contributed by atoms with Crippen molar-refractivity contribution >= 4 is 47.2 Å². The number of carbonyl (C=O) groups is 2. The van der Waals surface area contributed by atoms with Crippen LogP contribution in [-0.2, 0) is 9.59 Å². The Morgan fingerprint density at radius 2 is 1.81 bits per heavy atom. The lowest BCUT2D eigenvalue weighted by Crippen LogP contribution is -2.47. The maximum Gasteiger partial charge on any atom is 0.240 e. The summed E-state index contributed by atoms with van der Waals surface area (Å²) in [6.07, 6.45) is 0. The minimum Gasteiger partial charge on any atom is -0.346 e. The summed E-state index contributed by atoms with van der Waals surface area (Å²) in [6.45, 7) is 3.60. The highest BCUT2D eigenvalue weighted by molar-refractivity contribution is 7.08. The average molecular weight is 416 g/mol. The van der Waals surface area contributed by atoms with E-state index in [9.17, 15) is 9.59 Å². The zero-order valence-electron chi connectivity index (χ0n) is 14.6. The predicted molar refractivity (Wildman–Crippen MR) is 109 cm³/mol. The number of benzene rings is 1. The van der Waals surface area contributed by atoms with Crippen molar-refractivity contribution in [2.75, 3.05) is 6.54 Å². The van der Waals surface area contributed by atoms with Crippen LogP contribution in [0.25, 0.3) is 0 Å². The van der Waals surface area contributed by atoms with E-state index in [1.165, 1.54) is 0 Å². The lowest BCUT2D eigenvalue weighted by Gasteiger charge is -2.20. The first-order valence-electron chi connectivity index (χ1n) is 7.98. The zero-order valence-corrected chi connectivity index (χ0v) is 17.0. The van der Waals surface area contributed by atoms with Crippen LogP contribution in [0.15, 0.2) is 41.1 Å². The molecule has 0 radical (unpaired) electrons. The molecule has 8 heteroatoms. The van der Waals surface area contributed by atoms with E-state index in [0.29, 0.717) is 5.02 Å². The number of halogens is 2. The van der Waals surface area contributed by atoms with Crippen LogP contribution in [0.5, 0.6) is 0 Å². The highest BCUT2D eigenvalue weighted by Gasteiger charge is 2.20. The summed E-state index contributed by atoms with van der Waals surface area (Å²) in [7, 11) is 0. The lowest BCUT2D eigenvalue weighted by molar-refractivity contribution is -0.127. The summed E-state index contributed by atoms with van der Waals surface area (Å²) in [4.78, 5) is 24.2. The molecule has 142 valence electrons. The molecule has 0 aliphatic rings. The number of carbonyl (C=O) groups excluding carboxylic acids is 2. The molecule has 2 atom stereocenters. The quantitative estimate of drug-likeness (QED) is 0.649. The Hall–Kier alpha value is -1.60. The number of rotatable bonds is 7. The molecule has 0 saturated carbocycles. The van der Waals surface area contributed by atoms with Crippen LogP contribution >= 0.6 is 35.3 Å². The first-order valence-corrected chi connectivity index (χ1v) is 9.30. The second-order valence-corrected chi connectivity index (χ2v) is 7.31. The van der Waals surface area contributed by atoms with Gasteiger partial charge in [0.15, 0.2) is 0 Å². The third-order valence-corrected chi connectivity index (χ3v) is 4.78. The molecule has 0 fully saturated rings. The van der Waals surface area contributed by atoms with Crippen molar-refractivity contribution in [3.05, 3.63) is 57.2 Å². The number of nitrogens with one attached hydrogen (secondary N) is 2. The number of thiophene rings is 1. The smallest absolute Gasteiger partial charge is 0.240 e. The van der Waals surface area contributed by atoms with Gasteiger partial charge in [-0.2, -0.15) is 11.3 Å². The molecule has 1 heterocycles. The van der Waals surface area contributed by atoms with Crippen molar-refractivity contribution in [2.24, 2.45) is 11.7 Å². The fourth-order valence-electron chi connectivity index (χ4n) is 2.25.